The lowest BCUT2D eigenvalue weighted by Crippen LogP contribution is -2.42. The minimum atomic E-state index is 0.0453. The second-order valence-electron chi connectivity index (χ2n) is 7.63. The summed E-state index contributed by atoms with van der Waals surface area (Å²) in [5.74, 6) is 1.69. The van der Waals surface area contributed by atoms with Crippen molar-refractivity contribution in [1.29, 1.82) is 0 Å². The largest absolute Gasteiger partial charge is 0.491 e. The van der Waals surface area contributed by atoms with E-state index in [2.05, 4.69) is 45.2 Å². The van der Waals surface area contributed by atoms with Gasteiger partial charge in [-0.15, -0.1) is 0 Å². The van der Waals surface area contributed by atoms with Gasteiger partial charge in [0.15, 0.2) is 5.96 Å². The first-order valence-corrected chi connectivity index (χ1v) is 10.8. The van der Waals surface area contributed by atoms with E-state index >= 15 is 0 Å². The Morgan fingerprint density at radius 1 is 1.00 bits per heavy atom. The number of aliphatic imine (C=N–C) groups is 1. The van der Waals surface area contributed by atoms with Crippen LogP contribution in [-0.4, -0.2) is 38.6 Å². The minimum Gasteiger partial charge on any atom is -0.491 e. The molecule has 1 atom stereocenters. The first-order chi connectivity index (χ1) is 15.7. The molecule has 6 nitrogen and oxygen atoms in total. The van der Waals surface area contributed by atoms with E-state index in [0.717, 1.165) is 28.1 Å². The van der Waals surface area contributed by atoms with Crippen LogP contribution in [0, 0.1) is 0 Å². The highest BCUT2D eigenvalue weighted by Crippen LogP contribution is 2.31. The van der Waals surface area contributed by atoms with Gasteiger partial charge in [-0.3, -0.25) is 9.79 Å². The number of para-hydroxylation sites is 2. The van der Waals surface area contributed by atoms with E-state index in [1.807, 2.05) is 54.6 Å². The van der Waals surface area contributed by atoms with E-state index in [0.29, 0.717) is 32.1 Å². The highest BCUT2D eigenvalue weighted by molar-refractivity contribution is 5.94. The van der Waals surface area contributed by atoms with Gasteiger partial charge in [-0.05, 0) is 23.3 Å². The number of nitrogens with zero attached hydrogens (tertiary/aromatic N) is 1. The highest BCUT2D eigenvalue weighted by atomic mass is 16.5. The van der Waals surface area contributed by atoms with Gasteiger partial charge < -0.3 is 20.7 Å². The summed E-state index contributed by atoms with van der Waals surface area (Å²) in [5.41, 5.74) is 4.25. The summed E-state index contributed by atoms with van der Waals surface area (Å²) in [6.45, 7) is 1.73. The number of hydrogen-bond donors (Lipinski definition) is 3. The van der Waals surface area contributed by atoms with Crippen LogP contribution in [-0.2, 0) is 4.79 Å². The Morgan fingerprint density at radius 2 is 1.75 bits per heavy atom. The number of benzene rings is 3. The van der Waals surface area contributed by atoms with Crippen LogP contribution in [0.5, 0.6) is 5.75 Å². The van der Waals surface area contributed by atoms with Crippen LogP contribution in [0.1, 0.15) is 17.9 Å². The van der Waals surface area contributed by atoms with Crippen LogP contribution >= 0.6 is 0 Å². The first-order valence-electron chi connectivity index (χ1n) is 10.8. The molecule has 32 heavy (non-hydrogen) atoms. The van der Waals surface area contributed by atoms with Crippen LogP contribution in [0.4, 0.5) is 5.69 Å². The normalized spacial score (nSPS) is 15.5. The fourth-order valence-electron chi connectivity index (χ4n) is 3.90. The van der Waals surface area contributed by atoms with Crippen LogP contribution in [0.2, 0.25) is 0 Å². The summed E-state index contributed by atoms with van der Waals surface area (Å²) in [6.07, 6.45) is 0.459. The SMILES string of the molecule is CN=C(NCCOc1ccccc1-c1ccccc1)NCC1CC(=O)Nc2ccccc21. The second-order valence-corrected chi connectivity index (χ2v) is 7.63. The highest BCUT2D eigenvalue weighted by Gasteiger charge is 2.24. The van der Waals surface area contributed by atoms with Gasteiger partial charge in [0.05, 0.1) is 6.54 Å². The Balaban J connectivity index is 1.28. The number of carbonyl (C=O) groups excluding carboxylic acids is 1. The molecule has 1 unspecified atom stereocenters. The Bertz CT molecular complexity index is 1080. The standard InChI is InChI=1S/C26H28N4O2/c1-27-26(29-18-20-17-25(31)30-23-13-7-5-11-21(20)23)28-15-16-32-24-14-8-6-12-22(24)19-9-3-2-4-10-19/h2-14,20H,15-18H2,1H3,(H,30,31)(H2,27,28,29). The molecule has 3 aromatic carbocycles. The molecular weight excluding hydrogens is 400 g/mol. The molecule has 6 heteroatoms. The third-order valence-corrected chi connectivity index (χ3v) is 5.47. The average molecular weight is 429 g/mol. The van der Waals surface area contributed by atoms with Gasteiger partial charge in [0.1, 0.15) is 12.4 Å². The summed E-state index contributed by atoms with van der Waals surface area (Å²) in [5, 5.41) is 9.56. The monoisotopic (exact) mass is 428 g/mol. The minimum absolute atomic E-state index is 0.0453. The van der Waals surface area contributed by atoms with E-state index in [1.54, 1.807) is 7.05 Å². The number of ether oxygens (including phenoxy) is 1. The third-order valence-electron chi connectivity index (χ3n) is 5.47. The van der Waals surface area contributed by atoms with Crippen molar-refractivity contribution in [2.24, 2.45) is 4.99 Å². The van der Waals surface area contributed by atoms with Crippen molar-refractivity contribution >= 4 is 17.6 Å². The zero-order valence-electron chi connectivity index (χ0n) is 18.2. The Labute approximate surface area is 188 Å². The number of hydrogen-bond acceptors (Lipinski definition) is 3. The van der Waals surface area contributed by atoms with Crippen LogP contribution in [0.25, 0.3) is 11.1 Å². The van der Waals surface area contributed by atoms with Gasteiger partial charge >= 0.3 is 0 Å². The maximum atomic E-state index is 12.0. The fourth-order valence-corrected chi connectivity index (χ4v) is 3.90. The number of amides is 1. The van der Waals surface area contributed by atoms with E-state index in [-0.39, 0.29) is 11.8 Å². The van der Waals surface area contributed by atoms with Crippen molar-refractivity contribution in [2.75, 3.05) is 32.1 Å². The summed E-state index contributed by atoms with van der Waals surface area (Å²) < 4.78 is 6.04. The molecule has 0 radical (unpaired) electrons. The van der Waals surface area contributed by atoms with Crippen molar-refractivity contribution in [1.82, 2.24) is 10.6 Å². The van der Waals surface area contributed by atoms with Gasteiger partial charge in [0, 0.05) is 37.2 Å². The molecule has 1 amide bonds. The summed E-state index contributed by atoms with van der Waals surface area (Å²) in [6, 6.07) is 26.2. The Kier molecular flexibility index (Phi) is 7.02. The predicted octanol–water partition coefficient (Wildman–Crippen LogP) is 4.02. The number of nitrogens with one attached hydrogen (secondary N) is 3. The van der Waals surface area contributed by atoms with Gasteiger partial charge in [0.2, 0.25) is 5.91 Å². The Hall–Kier alpha value is -3.80. The average Bonchev–Trinajstić information content (AvgIpc) is 2.84. The van der Waals surface area contributed by atoms with E-state index in [1.165, 1.54) is 0 Å². The number of rotatable bonds is 7. The van der Waals surface area contributed by atoms with E-state index < -0.39 is 0 Å². The molecule has 0 bridgehead atoms. The van der Waals surface area contributed by atoms with Crippen LogP contribution in [0.15, 0.2) is 83.9 Å². The van der Waals surface area contributed by atoms with Gasteiger partial charge in [-0.25, -0.2) is 0 Å². The summed E-state index contributed by atoms with van der Waals surface area (Å²) in [7, 11) is 1.74. The molecule has 0 saturated heterocycles. The third kappa shape index (κ3) is 5.27. The molecule has 0 aliphatic carbocycles. The zero-order valence-corrected chi connectivity index (χ0v) is 18.2. The van der Waals surface area contributed by atoms with Crippen molar-refractivity contribution < 1.29 is 9.53 Å². The maximum absolute atomic E-state index is 12.0. The van der Waals surface area contributed by atoms with Gasteiger partial charge in [-0.2, -0.15) is 0 Å². The zero-order chi connectivity index (χ0) is 22.2. The van der Waals surface area contributed by atoms with Crippen molar-refractivity contribution in [2.45, 2.75) is 12.3 Å². The molecular formula is C26H28N4O2. The lowest BCUT2D eigenvalue weighted by atomic mass is 9.90. The van der Waals surface area contributed by atoms with Gasteiger partial charge in [0.25, 0.3) is 0 Å². The lowest BCUT2D eigenvalue weighted by Gasteiger charge is -2.26. The number of fused-ring (bicyclic) bond motifs is 1. The van der Waals surface area contributed by atoms with E-state index in [4.69, 9.17) is 4.74 Å². The predicted molar refractivity (Wildman–Crippen MR) is 129 cm³/mol. The number of carbonyl (C=O) groups is 1. The fraction of sp³-hybridized carbons (Fsp3) is 0.231. The smallest absolute Gasteiger partial charge is 0.225 e. The molecule has 0 saturated carbocycles. The molecule has 1 aliphatic rings. The molecule has 1 aliphatic heterocycles. The molecule has 3 aromatic rings. The molecule has 164 valence electrons. The first kappa shape index (κ1) is 21.4. The maximum Gasteiger partial charge on any atom is 0.225 e. The van der Waals surface area contributed by atoms with E-state index in [9.17, 15) is 4.79 Å². The van der Waals surface area contributed by atoms with Crippen molar-refractivity contribution in [3.8, 4) is 16.9 Å². The molecule has 1 heterocycles. The molecule has 0 aromatic heterocycles. The summed E-state index contributed by atoms with van der Waals surface area (Å²) >= 11 is 0. The van der Waals surface area contributed by atoms with Crippen molar-refractivity contribution in [3.63, 3.8) is 0 Å². The lowest BCUT2D eigenvalue weighted by molar-refractivity contribution is -0.116. The molecule has 0 spiro atoms. The van der Waals surface area contributed by atoms with Crippen molar-refractivity contribution in [3.05, 3.63) is 84.4 Å². The van der Waals surface area contributed by atoms with Gasteiger partial charge in [-0.1, -0.05) is 66.7 Å². The second kappa shape index (κ2) is 10.5. The number of guanidine groups is 1. The summed E-state index contributed by atoms with van der Waals surface area (Å²) in [4.78, 5) is 16.3. The van der Waals surface area contributed by atoms with Crippen LogP contribution in [0.3, 0.4) is 0 Å². The molecule has 3 N–H and O–H groups in total. The number of anilines is 1. The topological polar surface area (TPSA) is 74.8 Å². The molecule has 0 fully saturated rings. The van der Waals surface area contributed by atoms with Crippen LogP contribution < -0.4 is 20.7 Å². The quantitative estimate of drug-likeness (QED) is 0.302. The Morgan fingerprint density at radius 3 is 2.59 bits per heavy atom. The molecule has 4 rings (SSSR count).